The Balaban J connectivity index is 2.13. The Kier molecular flexibility index (Phi) is 2.91. The summed E-state index contributed by atoms with van der Waals surface area (Å²) in [5, 5.41) is 4.92. The van der Waals surface area contributed by atoms with E-state index in [4.69, 9.17) is 23.8 Å². The highest BCUT2D eigenvalue weighted by molar-refractivity contribution is 7.71. The summed E-state index contributed by atoms with van der Waals surface area (Å²) in [5.41, 5.74) is 3.76. The lowest BCUT2D eigenvalue weighted by Gasteiger charge is -2.02. The molecule has 0 spiro atoms. The molecule has 0 aromatic carbocycles. The van der Waals surface area contributed by atoms with Gasteiger partial charge in [0.1, 0.15) is 0 Å². The van der Waals surface area contributed by atoms with Gasteiger partial charge in [-0.15, -0.1) is 0 Å². The Bertz CT molecular complexity index is 813. The van der Waals surface area contributed by atoms with E-state index in [-0.39, 0.29) is 0 Å². The molecule has 0 atom stereocenters. The number of fused-ring (bicyclic) bond motifs is 1. The molecular formula is C12H12ClN5S. The fraction of sp³-hybridized carbons (Fsp3) is 0.250. The van der Waals surface area contributed by atoms with Crippen LogP contribution in [0.25, 0.3) is 11.2 Å². The van der Waals surface area contributed by atoms with Crippen molar-refractivity contribution < 1.29 is 0 Å². The zero-order chi connectivity index (χ0) is 13.6. The van der Waals surface area contributed by atoms with E-state index in [9.17, 15) is 0 Å². The molecule has 0 saturated carbocycles. The molecule has 19 heavy (non-hydrogen) atoms. The van der Waals surface area contributed by atoms with Gasteiger partial charge in [-0.25, -0.2) is 4.98 Å². The lowest BCUT2D eigenvalue weighted by atomic mass is 10.2. The standard InChI is InChI=1S/C12H12ClN5S/c1-7-8(5-17(2)16-7)6-18-11-10(15-12(18)19)3-9(13)4-14-11/h3-5H,6H2,1-2H3,(H,15,19). The lowest BCUT2D eigenvalue weighted by molar-refractivity contribution is 0.755. The van der Waals surface area contributed by atoms with E-state index in [1.165, 1.54) is 0 Å². The molecule has 3 heterocycles. The number of aryl methyl sites for hydroxylation is 2. The Morgan fingerprint density at radius 2 is 2.26 bits per heavy atom. The lowest BCUT2D eigenvalue weighted by Crippen LogP contribution is -2.01. The number of nitrogens with zero attached hydrogens (tertiary/aromatic N) is 4. The molecule has 0 saturated heterocycles. The number of aromatic nitrogens is 5. The number of aromatic amines is 1. The molecule has 98 valence electrons. The number of pyridine rings is 1. The van der Waals surface area contributed by atoms with Crippen LogP contribution in [-0.4, -0.2) is 24.3 Å². The van der Waals surface area contributed by atoms with Gasteiger partial charge in [-0.2, -0.15) is 5.10 Å². The van der Waals surface area contributed by atoms with Crippen molar-refractivity contribution >= 4 is 35.0 Å². The average molecular weight is 294 g/mol. The first-order chi connectivity index (χ1) is 9.04. The normalized spacial score (nSPS) is 11.3. The molecule has 5 nitrogen and oxygen atoms in total. The third-order valence-corrected chi connectivity index (χ3v) is 3.55. The molecule has 3 aromatic rings. The molecule has 0 radical (unpaired) electrons. The van der Waals surface area contributed by atoms with E-state index in [1.807, 2.05) is 30.8 Å². The van der Waals surface area contributed by atoms with Crippen molar-refractivity contribution in [2.75, 3.05) is 0 Å². The molecular weight excluding hydrogens is 282 g/mol. The van der Waals surface area contributed by atoms with Gasteiger partial charge in [0.25, 0.3) is 0 Å². The van der Waals surface area contributed by atoms with E-state index in [0.717, 1.165) is 22.4 Å². The van der Waals surface area contributed by atoms with Crippen molar-refractivity contribution in [3.05, 3.63) is 39.5 Å². The van der Waals surface area contributed by atoms with Crippen molar-refractivity contribution in [1.82, 2.24) is 24.3 Å². The van der Waals surface area contributed by atoms with Crippen LogP contribution < -0.4 is 0 Å². The number of imidazole rings is 1. The van der Waals surface area contributed by atoms with Crippen LogP contribution in [0, 0.1) is 11.7 Å². The molecule has 1 N–H and O–H groups in total. The minimum absolute atomic E-state index is 0.591. The van der Waals surface area contributed by atoms with Crippen LogP contribution in [0.5, 0.6) is 0 Å². The van der Waals surface area contributed by atoms with Gasteiger partial charge in [-0.1, -0.05) is 11.6 Å². The van der Waals surface area contributed by atoms with Crippen LogP contribution in [0.3, 0.4) is 0 Å². The first-order valence-corrected chi connectivity index (χ1v) is 6.56. The number of rotatable bonds is 2. The SMILES string of the molecule is Cc1nn(C)cc1Cn1c(=S)[nH]c2cc(Cl)cnc21. The van der Waals surface area contributed by atoms with Gasteiger partial charge in [-0.05, 0) is 25.2 Å². The van der Waals surface area contributed by atoms with Gasteiger partial charge in [-0.3, -0.25) is 9.25 Å². The molecule has 0 aliphatic rings. The number of hydrogen-bond acceptors (Lipinski definition) is 3. The zero-order valence-electron chi connectivity index (χ0n) is 10.5. The Hall–Kier alpha value is -1.66. The molecule has 0 aliphatic heterocycles. The minimum atomic E-state index is 0.591. The highest BCUT2D eigenvalue weighted by atomic mass is 35.5. The average Bonchev–Trinajstić information content (AvgIpc) is 2.80. The van der Waals surface area contributed by atoms with Gasteiger partial charge in [0.15, 0.2) is 10.4 Å². The Morgan fingerprint density at radius 1 is 1.47 bits per heavy atom. The second-order valence-electron chi connectivity index (χ2n) is 4.45. The van der Waals surface area contributed by atoms with E-state index in [2.05, 4.69) is 15.1 Å². The van der Waals surface area contributed by atoms with E-state index >= 15 is 0 Å². The monoisotopic (exact) mass is 293 g/mol. The van der Waals surface area contributed by atoms with E-state index < -0.39 is 0 Å². The molecule has 7 heteroatoms. The molecule has 0 bridgehead atoms. The quantitative estimate of drug-likeness (QED) is 0.739. The smallest absolute Gasteiger partial charge is 0.179 e. The van der Waals surface area contributed by atoms with E-state index in [0.29, 0.717) is 16.3 Å². The van der Waals surface area contributed by atoms with Gasteiger partial charge < -0.3 is 4.98 Å². The number of hydrogen-bond donors (Lipinski definition) is 1. The molecule has 3 rings (SSSR count). The van der Waals surface area contributed by atoms with Crippen molar-refractivity contribution in [3.8, 4) is 0 Å². The van der Waals surface area contributed by atoms with Crippen molar-refractivity contribution in [1.29, 1.82) is 0 Å². The topological polar surface area (TPSA) is 51.4 Å². The minimum Gasteiger partial charge on any atom is -0.329 e. The fourth-order valence-electron chi connectivity index (χ4n) is 2.14. The second-order valence-corrected chi connectivity index (χ2v) is 5.28. The fourth-order valence-corrected chi connectivity index (χ4v) is 2.56. The maximum Gasteiger partial charge on any atom is 0.179 e. The summed E-state index contributed by atoms with van der Waals surface area (Å²) in [6.45, 7) is 2.63. The van der Waals surface area contributed by atoms with Gasteiger partial charge in [0.2, 0.25) is 0 Å². The highest BCUT2D eigenvalue weighted by Gasteiger charge is 2.10. The third kappa shape index (κ3) is 2.17. The van der Waals surface area contributed by atoms with Crippen molar-refractivity contribution in [2.45, 2.75) is 13.5 Å². The van der Waals surface area contributed by atoms with Crippen LogP contribution in [0.4, 0.5) is 0 Å². The van der Waals surface area contributed by atoms with Crippen molar-refractivity contribution in [3.63, 3.8) is 0 Å². The van der Waals surface area contributed by atoms with Gasteiger partial charge in [0, 0.05) is 25.0 Å². The summed E-state index contributed by atoms with van der Waals surface area (Å²) < 4.78 is 4.38. The summed E-state index contributed by atoms with van der Waals surface area (Å²) in [5.74, 6) is 0. The Labute approximate surface area is 119 Å². The van der Waals surface area contributed by atoms with Crippen LogP contribution in [0.15, 0.2) is 18.5 Å². The predicted octanol–water partition coefficient (Wildman–Crippen LogP) is 2.84. The number of halogens is 1. The third-order valence-electron chi connectivity index (χ3n) is 3.02. The van der Waals surface area contributed by atoms with Crippen LogP contribution >= 0.6 is 23.8 Å². The summed E-state index contributed by atoms with van der Waals surface area (Å²) in [6.07, 6.45) is 3.62. The van der Waals surface area contributed by atoms with Crippen LogP contribution in [0.1, 0.15) is 11.3 Å². The Morgan fingerprint density at radius 3 is 2.95 bits per heavy atom. The number of H-pyrrole nitrogens is 1. The molecule has 0 fully saturated rings. The maximum absolute atomic E-state index is 5.93. The van der Waals surface area contributed by atoms with Gasteiger partial charge >= 0.3 is 0 Å². The van der Waals surface area contributed by atoms with Crippen LogP contribution in [0.2, 0.25) is 5.02 Å². The zero-order valence-corrected chi connectivity index (χ0v) is 12.1. The van der Waals surface area contributed by atoms with E-state index in [1.54, 1.807) is 10.9 Å². The molecule has 0 unspecified atom stereocenters. The summed E-state index contributed by atoms with van der Waals surface area (Å²) in [6, 6.07) is 1.83. The van der Waals surface area contributed by atoms with Gasteiger partial charge in [0.05, 0.1) is 22.8 Å². The predicted molar refractivity (Wildman–Crippen MR) is 77.0 cm³/mol. The summed E-state index contributed by atoms with van der Waals surface area (Å²) >= 11 is 11.3. The molecule has 0 amide bonds. The summed E-state index contributed by atoms with van der Waals surface area (Å²) in [7, 11) is 1.91. The maximum atomic E-state index is 5.93. The largest absolute Gasteiger partial charge is 0.329 e. The van der Waals surface area contributed by atoms with Crippen LogP contribution in [-0.2, 0) is 13.6 Å². The molecule has 0 aliphatic carbocycles. The summed E-state index contributed by atoms with van der Waals surface area (Å²) in [4.78, 5) is 7.46. The number of nitrogens with one attached hydrogen (secondary N) is 1. The first kappa shape index (κ1) is 12.4. The van der Waals surface area contributed by atoms with Crippen molar-refractivity contribution in [2.24, 2.45) is 7.05 Å². The first-order valence-electron chi connectivity index (χ1n) is 5.78. The second kappa shape index (κ2) is 4.47. The molecule has 3 aromatic heterocycles. The highest BCUT2D eigenvalue weighted by Crippen LogP contribution is 2.18.